The molecule has 3 aromatic heterocycles. The third kappa shape index (κ3) is 2.38. The molecule has 1 aliphatic heterocycles. The molecule has 4 heterocycles. The zero-order valence-corrected chi connectivity index (χ0v) is 14.0. The van der Waals surface area contributed by atoms with Crippen molar-refractivity contribution >= 4 is 11.6 Å². The first-order valence-electron chi connectivity index (χ1n) is 8.59. The molecule has 6 heteroatoms. The van der Waals surface area contributed by atoms with Gasteiger partial charge < -0.3 is 14.3 Å². The fraction of sp³-hybridized carbons (Fsp3) is 0.150. The van der Waals surface area contributed by atoms with Crippen molar-refractivity contribution in [2.45, 2.75) is 12.5 Å². The summed E-state index contributed by atoms with van der Waals surface area (Å²) in [5.41, 5.74) is 4.69. The van der Waals surface area contributed by atoms with E-state index in [1.807, 2.05) is 52.0 Å². The van der Waals surface area contributed by atoms with Crippen molar-refractivity contribution < 1.29 is 4.79 Å². The van der Waals surface area contributed by atoms with E-state index in [1.54, 1.807) is 12.5 Å². The summed E-state index contributed by atoms with van der Waals surface area (Å²) in [5, 5.41) is 0. The van der Waals surface area contributed by atoms with Crippen LogP contribution in [-0.4, -0.2) is 36.7 Å². The number of hydrogen-bond acceptors (Lipinski definition) is 3. The van der Waals surface area contributed by atoms with Gasteiger partial charge in [-0.15, -0.1) is 0 Å². The number of H-pyrrole nitrogens is 1. The maximum atomic E-state index is 13.1. The number of imidazole rings is 2. The van der Waals surface area contributed by atoms with E-state index in [-0.39, 0.29) is 11.8 Å². The number of rotatable bonds is 2. The number of benzene rings is 1. The maximum absolute atomic E-state index is 13.1. The minimum absolute atomic E-state index is 0.0155. The molecule has 1 aliphatic rings. The Morgan fingerprint density at radius 1 is 1.12 bits per heavy atom. The predicted octanol–water partition coefficient (Wildman–Crippen LogP) is 2.85. The van der Waals surface area contributed by atoms with Crippen LogP contribution in [0.2, 0.25) is 0 Å². The van der Waals surface area contributed by atoms with E-state index in [4.69, 9.17) is 0 Å². The van der Waals surface area contributed by atoms with Crippen LogP contribution in [0.3, 0.4) is 0 Å². The zero-order valence-electron chi connectivity index (χ0n) is 14.0. The first-order chi connectivity index (χ1) is 12.8. The molecule has 5 rings (SSSR count). The molecule has 0 fully saturated rings. The summed E-state index contributed by atoms with van der Waals surface area (Å²) < 4.78 is 1.87. The monoisotopic (exact) mass is 343 g/mol. The van der Waals surface area contributed by atoms with Gasteiger partial charge in [0.05, 0.1) is 29.8 Å². The Morgan fingerprint density at radius 2 is 2.00 bits per heavy atom. The molecule has 1 aromatic carbocycles. The number of aromatic nitrogens is 4. The summed E-state index contributed by atoms with van der Waals surface area (Å²) >= 11 is 0. The minimum Gasteiger partial charge on any atom is -0.347 e. The Morgan fingerprint density at radius 3 is 2.88 bits per heavy atom. The van der Waals surface area contributed by atoms with E-state index < -0.39 is 0 Å². The minimum atomic E-state index is 0.0155. The largest absolute Gasteiger partial charge is 0.347 e. The highest BCUT2D eigenvalue weighted by Gasteiger charge is 2.31. The molecule has 1 amide bonds. The summed E-state index contributed by atoms with van der Waals surface area (Å²) in [4.78, 5) is 27.0. The van der Waals surface area contributed by atoms with Crippen LogP contribution >= 0.6 is 0 Å². The Kier molecular flexibility index (Phi) is 3.35. The van der Waals surface area contributed by atoms with Gasteiger partial charge in [-0.2, -0.15) is 0 Å². The summed E-state index contributed by atoms with van der Waals surface area (Å²) in [6, 6.07) is 13.9. The Hall–Kier alpha value is -3.41. The molecule has 0 saturated carbocycles. The second kappa shape index (κ2) is 5.84. The first kappa shape index (κ1) is 14.9. The summed E-state index contributed by atoms with van der Waals surface area (Å²) in [6.45, 7) is 1.15. The van der Waals surface area contributed by atoms with Gasteiger partial charge in [-0.05, 0) is 17.7 Å². The Labute approximate surface area is 150 Å². The van der Waals surface area contributed by atoms with E-state index >= 15 is 0 Å². The van der Waals surface area contributed by atoms with Gasteiger partial charge in [0.15, 0.2) is 0 Å². The lowest BCUT2D eigenvalue weighted by Crippen LogP contribution is -2.38. The Balaban J connectivity index is 1.50. The van der Waals surface area contributed by atoms with Gasteiger partial charge in [-0.3, -0.25) is 4.79 Å². The van der Waals surface area contributed by atoms with E-state index in [1.165, 1.54) is 5.56 Å². The number of carbonyl (C=O) groups is 1. The molecule has 26 heavy (non-hydrogen) atoms. The SMILES string of the molecule is O=C(c1ccc2nccn2c1)N1Cc2[nH]cnc2C(c2ccccc2)C1. The smallest absolute Gasteiger partial charge is 0.255 e. The van der Waals surface area contributed by atoms with Crippen LogP contribution in [0.1, 0.15) is 33.2 Å². The topological polar surface area (TPSA) is 66.3 Å². The second-order valence-corrected chi connectivity index (χ2v) is 6.53. The van der Waals surface area contributed by atoms with Crippen molar-refractivity contribution in [1.82, 2.24) is 24.3 Å². The van der Waals surface area contributed by atoms with Crippen LogP contribution in [-0.2, 0) is 6.54 Å². The first-order valence-corrected chi connectivity index (χ1v) is 8.59. The number of amides is 1. The van der Waals surface area contributed by atoms with Crippen molar-refractivity contribution in [3.63, 3.8) is 0 Å². The van der Waals surface area contributed by atoms with Gasteiger partial charge in [0.25, 0.3) is 5.91 Å². The number of pyridine rings is 1. The fourth-order valence-electron chi connectivity index (χ4n) is 3.65. The van der Waals surface area contributed by atoms with Gasteiger partial charge in [0.1, 0.15) is 5.65 Å². The summed E-state index contributed by atoms with van der Waals surface area (Å²) in [7, 11) is 0. The van der Waals surface area contributed by atoms with Crippen molar-refractivity contribution in [2.24, 2.45) is 0 Å². The molecule has 0 spiro atoms. The fourth-order valence-corrected chi connectivity index (χ4v) is 3.65. The molecule has 6 nitrogen and oxygen atoms in total. The van der Waals surface area contributed by atoms with Crippen molar-refractivity contribution in [3.05, 3.63) is 89.9 Å². The van der Waals surface area contributed by atoms with Crippen molar-refractivity contribution in [1.29, 1.82) is 0 Å². The quantitative estimate of drug-likeness (QED) is 0.609. The Bertz CT molecular complexity index is 1080. The molecule has 1 N–H and O–H groups in total. The van der Waals surface area contributed by atoms with Gasteiger partial charge in [-0.1, -0.05) is 30.3 Å². The number of hydrogen-bond donors (Lipinski definition) is 1. The van der Waals surface area contributed by atoms with Crippen LogP contribution < -0.4 is 0 Å². The molecule has 0 bridgehead atoms. The van der Waals surface area contributed by atoms with E-state index in [9.17, 15) is 4.79 Å². The lowest BCUT2D eigenvalue weighted by Gasteiger charge is -2.32. The normalized spacial score (nSPS) is 16.6. The highest BCUT2D eigenvalue weighted by atomic mass is 16.2. The van der Waals surface area contributed by atoms with Crippen LogP contribution in [0, 0.1) is 0 Å². The highest BCUT2D eigenvalue weighted by Crippen LogP contribution is 2.32. The second-order valence-electron chi connectivity index (χ2n) is 6.53. The average Bonchev–Trinajstić information content (AvgIpc) is 3.35. The third-order valence-corrected chi connectivity index (χ3v) is 4.96. The van der Waals surface area contributed by atoms with Gasteiger partial charge >= 0.3 is 0 Å². The van der Waals surface area contributed by atoms with Gasteiger partial charge in [-0.25, -0.2) is 9.97 Å². The van der Waals surface area contributed by atoms with E-state index in [0.29, 0.717) is 18.7 Å². The number of nitrogens with one attached hydrogen (secondary N) is 1. The van der Waals surface area contributed by atoms with Crippen molar-refractivity contribution in [2.75, 3.05) is 6.54 Å². The molecule has 4 aromatic rings. The molecule has 0 radical (unpaired) electrons. The van der Waals surface area contributed by atoms with Crippen molar-refractivity contribution in [3.8, 4) is 0 Å². The molecule has 0 saturated heterocycles. The number of aromatic amines is 1. The van der Waals surface area contributed by atoms with Crippen LogP contribution in [0.5, 0.6) is 0 Å². The van der Waals surface area contributed by atoms with Gasteiger partial charge in [0.2, 0.25) is 0 Å². The number of nitrogens with zero attached hydrogens (tertiary/aromatic N) is 4. The summed E-state index contributed by atoms with van der Waals surface area (Å²) in [6.07, 6.45) is 7.13. The molecular formula is C20H17N5O. The lowest BCUT2D eigenvalue weighted by atomic mass is 9.90. The van der Waals surface area contributed by atoms with Gasteiger partial charge in [0, 0.05) is 31.1 Å². The predicted molar refractivity (Wildman–Crippen MR) is 96.8 cm³/mol. The maximum Gasteiger partial charge on any atom is 0.255 e. The van der Waals surface area contributed by atoms with Crippen LogP contribution in [0.25, 0.3) is 5.65 Å². The molecule has 128 valence electrons. The average molecular weight is 343 g/mol. The van der Waals surface area contributed by atoms with Crippen LogP contribution in [0.15, 0.2) is 67.4 Å². The van der Waals surface area contributed by atoms with E-state index in [2.05, 4.69) is 27.1 Å². The number of fused-ring (bicyclic) bond motifs is 2. The third-order valence-electron chi connectivity index (χ3n) is 4.96. The molecule has 1 atom stereocenters. The lowest BCUT2D eigenvalue weighted by molar-refractivity contribution is 0.0721. The zero-order chi connectivity index (χ0) is 17.5. The standard InChI is InChI=1S/C20H17N5O/c26-20(15-6-7-18-21-8-9-24(18)10-15)25-11-16(14-4-2-1-3-5-14)19-17(12-25)22-13-23-19/h1-10,13,16H,11-12H2,(H,22,23). The molecule has 1 unspecified atom stereocenters. The molecular weight excluding hydrogens is 326 g/mol. The molecule has 0 aliphatic carbocycles. The number of carbonyl (C=O) groups excluding carboxylic acids is 1. The van der Waals surface area contributed by atoms with Crippen LogP contribution in [0.4, 0.5) is 0 Å². The van der Waals surface area contributed by atoms with E-state index in [0.717, 1.165) is 17.0 Å². The highest BCUT2D eigenvalue weighted by molar-refractivity contribution is 5.94. The summed E-state index contributed by atoms with van der Waals surface area (Å²) in [5.74, 6) is 0.0916.